The largest absolute Gasteiger partial charge is 0.399 e. The molecule has 0 radical (unpaired) electrons. The lowest BCUT2D eigenvalue weighted by molar-refractivity contribution is -0.139. The van der Waals surface area contributed by atoms with Gasteiger partial charge in [-0.05, 0) is 35.9 Å². The lowest BCUT2D eigenvalue weighted by atomic mass is 9.96. The third-order valence-corrected chi connectivity index (χ3v) is 4.89. The third-order valence-electron chi connectivity index (χ3n) is 3.69. The summed E-state index contributed by atoms with van der Waals surface area (Å²) >= 11 is 17.4. The van der Waals surface area contributed by atoms with Gasteiger partial charge in [-0.1, -0.05) is 46.9 Å². The van der Waals surface area contributed by atoms with Crippen LogP contribution in [0.1, 0.15) is 27.4 Å². The first kappa shape index (κ1) is 25.5. The molecule has 11 heteroatoms. The highest BCUT2D eigenvalue weighted by atomic mass is 35.5. The fraction of sp³-hybridized carbons (Fsp3) is 0.167. The standard InChI is InChI=1S/C18H13Cl3F4N2O.ClH/c1-26-27-17(28)10-4-2-9(3-5-10)15(22)8-12(18(23,24)25)11-6-13(19)16(21)14(20)7-11;/h2-8,12,26H,1H3,(H,27,28);1H. The van der Waals surface area contributed by atoms with E-state index in [4.69, 9.17) is 34.8 Å². The summed E-state index contributed by atoms with van der Waals surface area (Å²) in [5, 5.41) is -0.438. The van der Waals surface area contributed by atoms with E-state index in [1.54, 1.807) is 0 Å². The number of carbonyl (C=O) groups is 1. The van der Waals surface area contributed by atoms with Crippen LogP contribution < -0.4 is 10.9 Å². The zero-order chi connectivity index (χ0) is 21.1. The van der Waals surface area contributed by atoms with Crippen molar-refractivity contribution in [3.63, 3.8) is 0 Å². The quantitative estimate of drug-likeness (QED) is 0.281. The molecule has 2 N–H and O–H groups in total. The minimum Gasteiger partial charge on any atom is -0.288 e. The Morgan fingerprint density at radius 1 is 1.03 bits per heavy atom. The average Bonchev–Trinajstić information content (AvgIpc) is 2.63. The van der Waals surface area contributed by atoms with Crippen molar-refractivity contribution >= 4 is 58.9 Å². The number of rotatable bonds is 5. The number of amides is 1. The zero-order valence-electron chi connectivity index (χ0n) is 14.6. The summed E-state index contributed by atoms with van der Waals surface area (Å²) in [7, 11) is 1.49. The Bertz CT molecular complexity index is 879. The minimum atomic E-state index is -4.80. The maximum atomic E-state index is 14.5. The van der Waals surface area contributed by atoms with Crippen LogP contribution in [0.3, 0.4) is 0 Å². The molecule has 0 saturated heterocycles. The number of halogens is 8. The van der Waals surface area contributed by atoms with Crippen molar-refractivity contribution in [2.75, 3.05) is 7.05 Å². The van der Waals surface area contributed by atoms with Crippen LogP contribution in [0.25, 0.3) is 5.83 Å². The van der Waals surface area contributed by atoms with Crippen molar-refractivity contribution in [2.45, 2.75) is 12.1 Å². The molecule has 158 valence electrons. The minimum absolute atomic E-state index is 0. The number of carbonyl (C=O) groups excluding carboxylic acids is 1. The molecular formula is C18H14Cl4F4N2O. The number of hydrogen-bond acceptors (Lipinski definition) is 2. The number of alkyl halides is 3. The Hall–Kier alpha value is -1.51. The summed E-state index contributed by atoms with van der Waals surface area (Å²) in [4.78, 5) is 11.6. The summed E-state index contributed by atoms with van der Waals surface area (Å²) in [5.41, 5.74) is 4.48. The van der Waals surface area contributed by atoms with Crippen molar-refractivity contribution in [1.82, 2.24) is 10.9 Å². The molecule has 1 unspecified atom stereocenters. The highest BCUT2D eigenvalue weighted by molar-refractivity contribution is 6.48. The predicted octanol–water partition coefficient (Wildman–Crippen LogP) is 6.59. The highest BCUT2D eigenvalue weighted by Gasteiger charge is 2.40. The van der Waals surface area contributed by atoms with Gasteiger partial charge in [-0.25, -0.2) is 9.82 Å². The predicted molar refractivity (Wildman–Crippen MR) is 110 cm³/mol. The summed E-state index contributed by atoms with van der Waals surface area (Å²) in [6, 6.07) is 6.95. The third kappa shape index (κ3) is 6.49. The molecule has 2 aromatic rings. The normalized spacial score (nSPS) is 12.9. The summed E-state index contributed by atoms with van der Waals surface area (Å²) in [6.07, 6.45) is -4.39. The maximum Gasteiger partial charge on any atom is 0.399 e. The number of benzene rings is 2. The second-order valence-corrected chi connectivity index (χ2v) is 6.81. The van der Waals surface area contributed by atoms with Crippen LogP contribution >= 0.6 is 47.2 Å². The molecular weight excluding hydrogens is 478 g/mol. The van der Waals surface area contributed by atoms with E-state index in [-0.39, 0.29) is 44.2 Å². The van der Waals surface area contributed by atoms with Crippen molar-refractivity contribution < 1.29 is 22.4 Å². The molecule has 0 aliphatic heterocycles. The number of allylic oxidation sites excluding steroid dienone is 1. The van der Waals surface area contributed by atoms with Gasteiger partial charge in [0.15, 0.2) is 0 Å². The van der Waals surface area contributed by atoms with Crippen LogP contribution in [-0.4, -0.2) is 19.1 Å². The molecule has 0 fully saturated rings. The van der Waals surface area contributed by atoms with Gasteiger partial charge in [-0.3, -0.25) is 10.2 Å². The molecule has 2 aromatic carbocycles. The van der Waals surface area contributed by atoms with E-state index in [9.17, 15) is 22.4 Å². The Labute approximate surface area is 185 Å². The Balaban J connectivity index is 0.00000420. The van der Waals surface area contributed by atoms with E-state index in [2.05, 4.69) is 10.9 Å². The van der Waals surface area contributed by atoms with E-state index in [1.807, 2.05) is 0 Å². The van der Waals surface area contributed by atoms with E-state index < -0.39 is 23.8 Å². The van der Waals surface area contributed by atoms with Crippen molar-refractivity contribution in [1.29, 1.82) is 0 Å². The first-order valence-electron chi connectivity index (χ1n) is 7.70. The van der Waals surface area contributed by atoms with Crippen LogP contribution in [0.5, 0.6) is 0 Å². The number of hydrazine groups is 1. The maximum absolute atomic E-state index is 14.5. The van der Waals surface area contributed by atoms with Crippen molar-refractivity contribution in [3.05, 3.63) is 74.2 Å². The summed E-state index contributed by atoms with van der Waals surface area (Å²) in [6.45, 7) is 0. The van der Waals surface area contributed by atoms with Crippen LogP contribution in [0.2, 0.25) is 15.1 Å². The number of hydrogen-bond donors (Lipinski definition) is 2. The van der Waals surface area contributed by atoms with Crippen LogP contribution in [0.15, 0.2) is 42.5 Å². The van der Waals surface area contributed by atoms with Gasteiger partial charge in [0.05, 0.1) is 15.1 Å². The lowest BCUT2D eigenvalue weighted by Crippen LogP contribution is -2.34. The molecule has 0 aromatic heterocycles. The van der Waals surface area contributed by atoms with E-state index >= 15 is 0 Å². The van der Waals surface area contributed by atoms with Gasteiger partial charge in [0.2, 0.25) is 0 Å². The first-order chi connectivity index (χ1) is 13.0. The smallest absolute Gasteiger partial charge is 0.288 e. The monoisotopic (exact) mass is 490 g/mol. The van der Waals surface area contributed by atoms with Crippen molar-refractivity contribution in [2.24, 2.45) is 0 Å². The molecule has 0 aliphatic carbocycles. The average molecular weight is 492 g/mol. The van der Waals surface area contributed by atoms with Gasteiger partial charge >= 0.3 is 6.18 Å². The number of nitrogens with one attached hydrogen (secondary N) is 2. The SMILES string of the molecule is CNNC(=O)c1ccc(C(F)=CC(c2cc(Cl)c(Cl)c(Cl)c2)C(F)(F)F)cc1.Cl. The molecule has 3 nitrogen and oxygen atoms in total. The molecule has 0 aliphatic rings. The molecule has 0 bridgehead atoms. The van der Waals surface area contributed by atoms with Gasteiger partial charge in [0.1, 0.15) is 11.7 Å². The second kappa shape index (κ2) is 10.5. The van der Waals surface area contributed by atoms with Crippen LogP contribution in [0, 0.1) is 0 Å². The highest BCUT2D eigenvalue weighted by Crippen LogP contribution is 2.42. The fourth-order valence-electron chi connectivity index (χ4n) is 2.34. The molecule has 1 atom stereocenters. The molecule has 2 rings (SSSR count). The van der Waals surface area contributed by atoms with Crippen LogP contribution in [0.4, 0.5) is 17.6 Å². The van der Waals surface area contributed by atoms with E-state index in [0.717, 1.165) is 12.1 Å². The molecule has 29 heavy (non-hydrogen) atoms. The van der Waals surface area contributed by atoms with Crippen molar-refractivity contribution in [3.8, 4) is 0 Å². The molecule has 0 spiro atoms. The second-order valence-electron chi connectivity index (χ2n) is 5.61. The lowest BCUT2D eigenvalue weighted by Gasteiger charge is -2.19. The Morgan fingerprint density at radius 2 is 1.52 bits per heavy atom. The molecule has 0 saturated carbocycles. The van der Waals surface area contributed by atoms with Gasteiger partial charge in [0, 0.05) is 18.2 Å². The topological polar surface area (TPSA) is 41.1 Å². The summed E-state index contributed by atoms with van der Waals surface area (Å²) < 4.78 is 55.0. The fourth-order valence-corrected chi connectivity index (χ4v) is 2.96. The van der Waals surface area contributed by atoms with Gasteiger partial charge in [-0.2, -0.15) is 13.2 Å². The molecule has 0 heterocycles. The zero-order valence-corrected chi connectivity index (χ0v) is 17.7. The van der Waals surface area contributed by atoms with E-state index in [1.165, 1.54) is 31.3 Å². The van der Waals surface area contributed by atoms with Gasteiger partial charge < -0.3 is 0 Å². The first-order valence-corrected chi connectivity index (χ1v) is 8.84. The van der Waals surface area contributed by atoms with Crippen LogP contribution in [-0.2, 0) is 0 Å². The Morgan fingerprint density at radius 3 is 1.97 bits per heavy atom. The summed E-state index contributed by atoms with van der Waals surface area (Å²) in [5.74, 6) is -3.89. The van der Waals surface area contributed by atoms with Gasteiger partial charge in [-0.15, -0.1) is 12.4 Å². The van der Waals surface area contributed by atoms with Gasteiger partial charge in [0.25, 0.3) is 5.91 Å². The van der Waals surface area contributed by atoms with E-state index in [0.29, 0.717) is 6.08 Å². The molecule has 1 amide bonds. The Kier molecular flexibility index (Phi) is 9.24.